The van der Waals surface area contributed by atoms with Gasteiger partial charge in [-0.15, -0.1) is 0 Å². The fourth-order valence-corrected chi connectivity index (χ4v) is 1.53. The van der Waals surface area contributed by atoms with Gasteiger partial charge in [0.2, 0.25) is 0 Å². The number of halogens is 1. The van der Waals surface area contributed by atoms with Crippen LogP contribution in [0.25, 0.3) is 0 Å². The first-order chi connectivity index (χ1) is 5.59. The molecule has 0 amide bonds. The Balaban J connectivity index is 2.82. The molecule has 2 N–H and O–H groups in total. The lowest BCUT2D eigenvalue weighted by Gasteiger charge is -2.04. The third kappa shape index (κ3) is 2.55. The molecule has 12 heavy (non-hydrogen) atoms. The normalized spacial score (nSPS) is 12.8. The number of benzene rings is 1. The molecule has 0 heterocycles. The minimum absolute atomic E-state index is 0.0375. The van der Waals surface area contributed by atoms with Crippen LogP contribution in [0.1, 0.15) is 12.5 Å². The van der Waals surface area contributed by atoms with E-state index in [-0.39, 0.29) is 11.5 Å². The summed E-state index contributed by atoms with van der Waals surface area (Å²) in [6, 6.07) is 4.94. The lowest BCUT2D eigenvalue weighted by atomic mass is 10.1. The van der Waals surface area contributed by atoms with E-state index in [0.717, 1.165) is 12.0 Å². The summed E-state index contributed by atoms with van der Waals surface area (Å²) in [5, 5.41) is 18.2. The Morgan fingerprint density at radius 3 is 2.50 bits per heavy atom. The number of alkyl halides is 1. The van der Waals surface area contributed by atoms with Gasteiger partial charge in [0.05, 0.1) is 0 Å². The van der Waals surface area contributed by atoms with E-state index < -0.39 is 0 Å². The van der Waals surface area contributed by atoms with Crippen molar-refractivity contribution in [2.75, 3.05) is 0 Å². The van der Waals surface area contributed by atoms with Gasteiger partial charge in [0.1, 0.15) is 0 Å². The minimum Gasteiger partial charge on any atom is -0.504 e. The minimum atomic E-state index is -0.0557. The molecule has 0 aliphatic carbocycles. The molecule has 0 spiro atoms. The fourth-order valence-electron chi connectivity index (χ4n) is 1.02. The van der Waals surface area contributed by atoms with Crippen LogP contribution in [0.4, 0.5) is 0 Å². The summed E-state index contributed by atoms with van der Waals surface area (Å²) >= 11 is 2.32. The predicted octanol–water partition coefficient (Wildman–Crippen LogP) is 2.46. The first-order valence-corrected chi connectivity index (χ1v) is 4.99. The topological polar surface area (TPSA) is 40.5 Å². The monoisotopic (exact) mass is 278 g/mol. The van der Waals surface area contributed by atoms with Gasteiger partial charge in [0.15, 0.2) is 11.5 Å². The maximum atomic E-state index is 9.16. The van der Waals surface area contributed by atoms with E-state index >= 15 is 0 Å². The molecule has 0 radical (unpaired) electrons. The molecule has 0 aliphatic rings. The zero-order valence-electron chi connectivity index (χ0n) is 6.79. The van der Waals surface area contributed by atoms with Crippen LogP contribution < -0.4 is 0 Å². The Labute approximate surface area is 85.4 Å². The molecule has 3 heteroatoms. The maximum Gasteiger partial charge on any atom is 0.157 e. The smallest absolute Gasteiger partial charge is 0.157 e. The van der Waals surface area contributed by atoms with Crippen LogP contribution in [0, 0.1) is 0 Å². The average molecular weight is 278 g/mol. The van der Waals surface area contributed by atoms with Crippen molar-refractivity contribution in [1.82, 2.24) is 0 Å². The molecular weight excluding hydrogens is 267 g/mol. The summed E-state index contributed by atoms with van der Waals surface area (Å²) in [4.78, 5) is 0. The van der Waals surface area contributed by atoms with Crippen molar-refractivity contribution in [3.8, 4) is 11.5 Å². The van der Waals surface area contributed by atoms with Crippen molar-refractivity contribution < 1.29 is 10.2 Å². The van der Waals surface area contributed by atoms with E-state index in [4.69, 9.17) is 10.2 Å². The highest BCUT2D eigenvalue weighted by Gasteiger charge is 2.02. The Morgan fingerprint density at radius 1 is 1.33 bits per heavy atom. The van der Waals surface area contributed by atoms with Gasteiger partial charge in [-0.2, -0.15) is 0 Å². The summed E-state index contributed by atoms with van der Waals surface area (Å²) in [6.45, 7) is 2.10. The average Bonchev–Trinajstić information content (AvgIpc) is 1.96. The Bertz CT molecular complexity index is 271. The number of phenolic OH excluding ortho intramolecular Hbond substituents is 2. The molecular formula is C9H11IO2. The van der Waals surface area contributed by atoms with Gasteiger partial charge in [-0.25, -0.2) is 0 Å². The van der Waals surface area contributed by atoms with Crippen molar-refractivity contribution in [3.05, 3.63) is 23.8 Å². The third-order valence-electron chi connectivity index (χ3n) is 1.56. The second-order valence-electron chi connectivity index (χ2n) is 2.81. The first kappa shape index (κ1) is 9.64. The van der Waals surface area contributed by atoms with Crippen LogP contribution in [0.5, 0.6) is 11.5 Å². The SMILES string of the molecule is CC(I)Cc1ccc(O)c(O)c1. The molecule has 1 rings (SSSR count). The second-order valence-corrected chi connectivity index (χ2v) is 4.93. The van der Waals surface area contributed by atoms with Gasteiger partial charge in [-0.05, 0) is 24.1 Å². The van der Waals surface area contributed by atoms with Crippen molar-refractivity contribution in [2.24, 2.45) is 0 Å². The maximum absolute atomic E-state index is 9.16. The molecule has 0 saturated carbocycles. The number of rotatable bonds is 2. The highest BCUT2D eigenvalue weighted by Crippen LogP contribution is 2.25. The van der Waals surface area contributed by atoms with Crippen molar-refractivity contribution in [1.29, 1.82) is 0 Å². The van der Waals surface area contributed by atoms with Crippen LogP contribution >= 0.6 is 22.6 Å². The molecule has 0 aliphatic heterocycles. The van der Waals surface area contributed by atoms with E-state index in [9.17, 15) is 0 Å². The largest absolute Gasteiger partial charge is 0.504 e. The number of hydrogen-bond donors (Lipinski definition) is 2. The number of hydrogen-bond acceptors (Lipinski definition) is 2. The number of aromatic hydroxyl groups is 2. The molecule has 1 aromatic carbocycles. The van der Waals surface area contributed by atoms with Gasteiger partial charge in [0, 0.05) is 3.92 Å². The van der Waals surface area contributed by atoms with Crippen LogP contribution in [-0.4, -0.2) is 14.1 Å². The molecule has 0 saturated heterocycles. The zero-order valence-corrected chi connectivity index (χ0v) is 8.95. The molecule has 0 bridgehead atoms. The Morgan fingerprint density at radius 2 is 2.00 bits per heavy atom. The fraction of sp³-hybridized carbons (Fsp3) is 0.333. The molecule has 2 nitrogen and oxygen atoms in total. The van der Waals surface area contributed by atoms with Crippen molar-refractivity contribution in [3.63, 3.8) is 0 Å². The van der Waals surface area contributed by atoms with E-state index in [0.29, 0.717) is 3.92 Å². The van der Waals surface area contributed by atoms with Crippen LogP contribution in [-0.2, 0) is 6.42 Å². The summed E-state index contributed by atoms with van der Waals surface area (Å²) in [5.41, 5.74) is 1.05. The highest BCUT2D eigenvalue weighted by atomic mass is 127. The van der Waals surface area contributed by atoms with Gasteiger partial charge in [0.25, 0.3) is 0 Å². The second kappa shape index (κ2) is 3.98. The number of phenols is 2. The first-order valence-electron chi connectivity index (χ1n) is 3.74. The van der Waals surface area contributed by atoms with Gasteiger partial charge >= 0.3 is 0 Å². The summed E-state index contributed by atoms with van der Waals surface area (Å²) in [5.74, 6) is -0.0931. The molecule has 1 atom stereocenters. The zero-order chi connectivity index (χ0) is 9.14. The molecule has 1 aromatic rings. The predicted molar refractivity (Wildman–Crippen MR) is 57.0 cm³/mol. The summed E-state index contributed by atoms with van der Waals surface area (Å²) < 4.78 is 0.534. The van der Waals surface area contributed by atoms with Crippen LogP contribution in [0.3, 0.4) is 0 Å². The quantitative estimate of drug-likeness (QED) is 0.495. The van der Waals surface area contributed by atoms with E-state index in [1.165, 1.54) is 6.07 Å². The van der Waals surface area contributed by atoms with Crippen molar-refractivity contribution in [2.45, 2.75) is 17.3 Å². The molecule has 0 fully saturated rings. The van der Waals surface area contributed by atoms with E-state index in [1.54, 1.807) is 6.07 Å². The van der Waals surface area contributed by atoms with Crippen LogP contribution in [0.2, 0.25) is 0 Å². The lowest BCUT2D eigenvalue weighted by molar-refractivity contribution is 0.403. The highest BCUT2D eigenvalue weighted by molar-refractivity contribution is 14.1. The van der Waals surface area contributed by atoms with Crippen molar-refractivity contribution >= 4 is 22.6 Å². The van der Waals surface area contributed by atoms with Crippen LogP contribution in [0.15, 0.2) is 18.2 Å². The van der Waals surface area contributed by atoms with Gasteiger partial charge < -0.3 is 10.2 Å². The standard InChI is InChI=1S/C9H11IO2/c1-6(10)4-7-2-3-8(11)9(12)5-7/h2-3,5-6,11-12H,4H2,1H3. The van der Waals surface area contributed by atoms with Gasteiger partial charge in [-0.1, -0.05) is 35.6 Å². The van der Waals surface area contributed by atoms with E-state index in [1.807, 2.05) is 6.07 Å². The summed E-state index contributed by atoms with van der Waals surface area (Å²) in [6.07, 6.45) is 0.911. The third-order valence-corrected chi connectivity index (χ3v) is 2.00. The Kier molecular flexibility index (Phi) is 3.20. The summed E-state index contributed by atoms with van der Waals surface area (Å²) in [7, 11) is 0. The molecule has 66 valence electrons. The van der Waals surface area contributed by atoms with Gasteiger partial charge in [-0.3, -0.25) is 0 Å². The molecule has 0 aromatic heterocycles. The molecule has 1 unspecified atom stereocenters. The Hall–Kier alpha value is -0.450. The van der Waals surface area contributed by atoms with E-state index in [2.05, 4.69) is 29.5 Å². The lowest BCUT2D eigenvalue weighted by Crippen LogP contribution is -1.95.